The minimum absolute atomic E-state index is 0.271. The molecular weight excluding hydrogens is 428 g/mol. The SMILES string of the molecule is COC(=O)c1ccc(C2CCN(C/C(C)=C/c3c(Br)ccnc3C)CC2)c(C)c1. The van der Waals surface area contributed by atoms with Gasteiger partial charge in [0.1, 0.15) is 0 Å². The quantitative estimate of drug-likeness (QED) is 0.554. The van der Waals surface area contributed by atoms with Crippen LogP contribution >= 0.6 is 15.9 Å². The Labute approximate surface area is 182 Å². The Morgan fingerprint density at radius 1 is 1.28 bits per heavy atom. The number of pyridine rings is 1. The number of carbonyl (C=O) groups excluding carboxylic acids is 1. The number of halogens is 1. The molecule has 0 aliphatic carbocycles. The first-order valence-corrected chi connectivity index (χ1v) is 10.9. The number of carbonyl (C=O) groups is 1. The lowest BCUT2D eigenvalue weighted by Gasteiger charge is -2.33. The summed E-state index contributed by atoms with van der Waals surface area (Å²) in [6.07, 6.45) is 6.35. The highest BCUT2D eigenvalue weighted by Crippen LogP contribution is 2.31. The Hall–Kier alpha value is -1.98. The highest BCUT2D eigenvalue weighted by Gasteiger charge is 2.22. The van der Waals surface area contributed by atoms with Crippen LogP contribution in [0, 0.1) is 13.8 Å². The molecule has 2 heterocycles. The lowest BCUT2D eigenvalue weighted by atomic mass is 9.86. The highest BCUT2D eigenvalue weighted by atomic mass is 79.9. The van der Waals surface area contributed by atoms with Crippen molar-refractivity contribution < 1.29 is 9.53 Å². The second-order valence-corrected chi connectivity index (χ2v) is 8.75. The summed E-state index contributed by atoms with van der Waals surface area (Å²) in [6, 6.07) is 7.94. The molecule has 0 atom stereocenters. The molecule has 5 heteroatoms. The van der Waals surface area contributed by atoms with Crippen molar-refractivity contribution in [2.24, 2.45) is 0 Å². The molecule has 0 spiro atoms. The summed E-state index contributed by atoms with van der Waals surface area (Å²) >= 11 is 3.63. The zero-order valence-corrected chi connectivity index (χ0v) is 19.3. The number of aromatic nitrogens is 1. The average molecular weight is 457 g/mol. The van der Waals surface area contributed by atoms with Gasteiger partial charge in [0.05, 0.1) is 12.7 Å². The Kier molecular flexibility index (Phi) is 7.25. The number of piperidine rings is 1. The number of ether oxygens (including phenoxy) is 1. The predicted molar refractivity (Wildman–Crippen MR) is 121 cm³/mol. The number of likely N-dealkylation sites (tertiary alicyclic amines) is 1. The van der Waals surface area contributed by atoms with Crippen molar-refractivity contribution in [3.05, 3.63) is 68.5 Å². The standard InChI is InChI=1S/C24H29BrN2O2/c1-16(13-22-18(3)26-10-7-23(22)25)15-27-11-8-19(9-12-27)21-6-5-20(14-17(21)2)24(28)29-4/h5-7,10,13-14,19H,8-9,11-12,15H2,1-4H3/b16-13+. The van der Waals surface area contributed by atoms with Gasteiger partial charge in [-0.25, -0.2) is 4.79 Å². The number of nitrogens with zero attached hydrogens (tertiary/aromatic N) is 2. The van der Waals surface area contributed by atoms with E-state index < -0.39 is 0 Å². The maximum atomic E-state index is 11.7. The van der Waals surface area contributed by atoms with E-state index in [9.17, 15) is 4.79 Å². The fourth-order valence-electron chi connectivity index (χ4n) is 4.15. The van der Waals surface area contributed by atoms with Crippen LogP contribution in [0.25, 0.3) is 6.08 Å². The fourth-order valence-corrected chi connectivity index (χ4v) is 4.67. The van der Waals surface area contributed by atoms with E-state index in [1.807, 2.05) is 31.3 Å². The van der Waals surface area contributed by atoms with Crippen molar-refractivity contribution in [2.75, 3.05) is 26.7 Å². The van der Waals surface area contributed by atoms with E-state index in [0.29, 0.717) is 11.5 Å². The molecule has 29 heavy (non-hydrogen) atoms. The molecule has 0 unspecified atom stereocenters. The largest absolute Gasteiger partial charge is 0.465 e. The van der Waals surface area contributed by atoms with Gasteiger partial charge in [-0.15, -0.1) is 0 Å². The Morgan fingerprint density at radius 3 is 2.62 bits per heavy atom. The molecule has 4 nitrogen and oxygen atoms in total. The fraction of sp³-hybridized carbons (Fsp3) is 0.417. The number of hydrogen-bond donors (Lipinski definition) is 0. The smallest absolute Gasteiger partial charge is 0.337 e. The Bertz CT molecular complexity index is 895. The normalized spacial score (nSPS) is 16.1. The molecule has 1 saturated heterocycles. The van der Waals surface area contributed by atoms with Gasteiger partial charge >= 0.3 is 5.97 Å². The van der Waals surface area contributed by atoms with Crippen LogP contribution in [0.4, 0.5) is 0 Å². The van der Waals surface area contributed by atoms with E-state index in [0.717, 1.165) is 42.6 Å². The van der Waals surface area contributed by atoms with E-state index in [1.165, 1.54) is 29.4 Å². The third-order valence-corrected chi connectivity index (χ3v) is 6.41. The van der Waals surface area contributed by atoms with Crippen LogP contribution < -0.4 is 0 Å². The van der Waals surface area contributed by atoms with Gasteiger partial charge in [0.2, 0.25) is 0 Å². The second kappa shape index (κ2) is 9.68. The molecule has 0 bridgehead atoms. The summed E-state index contributed by atoms with van der Waals surface area (Å²) in [5.74, 6) is 0.282. The van der Waals surface area contributed by atoms with Gasteiger partial charge in [-0.1, -0.05) is 33.6 Å². The van der Waals surface area contributed by atoms with Gasteiger partial charge in [-0.05, 0) is 81.9 Å². The van der Waals surface area contributed by atoms with E-state index in [1.54, 1.807) is 0 Å². The van der Waals surface area contributed by atoms with Gasteiger partial charge in [0.25, 0.3) is 0 Å². The lowest BCUT2D eigenvalue weighted by molar-refractivity contribution is 0.0600. The molecule has 1 aliphatic rings. The number of rotatable bonds is 5. The molecule has 0 saturated carbocycles. The van der Waals surface area contributed by atoms with Gasteiger partial charge in [-0.3, -0.25) is 9.88 Å². The summed E-state index contributed by atoms with van der Waals surface area (Å²) < 4.78 is 5.92. The van der Waals surface area contributed by atoms with Crippen molar-refractivity contribution in [3.8, 4) is 0 Å². The van der Waals surface area contributed by atoms with E-state index in [4.69, 9.17) is 4.74 Å². The van der Waals surface area contributed by atoms with Crippen molar-refractivity contribution in [1.82, 2.24) is 9.88 Å². The van der Waals surface area contributed by atoms with Gasteiger partial charge in [0.15, 0.2) is 0 Å². The molecule has 3 rings (SSSR count). The first-order chi connectivity index (χ1) is 13.9. The predicted octanol–water partition coefficient (Wildman–Crippen LogP) is 5.53. The second-order valence-electron chi connectivity index (χ2n) is 7.90. The van der Waals surface area contributed by atoms with E-state index >= 15 is 0 Å². The summed E-state index contributed by atoms with van der Waals surface area (Å²) in [5.41, 5.74) is 6.73. The molecule has 0 radical (unpaired) electrons. The molecule has 1 aromatic carbocycles. The summed E-state index contributed by atoms with van der Waals surface area (Å²) in [4.78, 5) is 18.7. The monoisotopic (exact) mass is 456 g/mol. The molecule has 1 aliphatic heterocycles. The van der Waals surface area contributed by atoms with Crippen LogP contribution in [-0.4, -0.2) is 42.6 Å². The van der Waals surface area contributed by atoms with E-state index in [2.05, 4.69) is 51.8 Å². The average Bonchev–Trinajstić information content (AvgIpc) is 2.71. The maximum Gasteiger partial charge on any atom is 0.337 e. The number of methoxy groups -OCH3 is 1. The van der Waals surface area contributed by atoms with E-state index in [-0.39, 0.29) is 5.97 Å². The third kappa shape index (κ3) is 5.34. The zero-order valence-electron chi connectivity index (χ0n) is 17.7. The highest BCUT2D eigenvalue weighted by molar-refractivity contribution is 9.10. The minimum Gasteiger partial charge on any atom is -0.465 e. The van der Waals surface area contributed by atoms with Crippen molar-refractivity contribution in [1.29, 1.82) is 0 Å². The number of hydrogen-bond acceptors (Lipinski definition) is 4. The summed E-state index contributed by atoms with van der Waals surface area (Å²) in [6.45, 7) is 9.48. The Morgan fingerprint density at radius 2 is 2.00 bits per heavy atom. The molecule has 0 amide bonds. The number of aryl methyl sites for hydroxylation is 2. The Balaban J connectivity index is 1.61. The first kappa shape index (κ1) is 21.7. The van der Waals surface area contributed by atoms with Gasteiger partial charge in [-0.2, -0.15) is 0 Å². The van der Waals surface area contributed by atoms with Crippen LogP contribution in [-0.2, 0) is 4.74 Å². The minimum atomic E-state index is -0.271. The van der Waals surface area contributed by atoms with Crippen LogP contribution in [0.1, 0.15) is 58.4 Å². The van der Waals surface area contributed by atoms with Crippen molar-refractivity contribution in [3.63, 3.8) is 0 Å². The number of benzene rings is 1. The number of esters is 1. The van der Waals surface area contributed by atoms with Crippen LogP contribution in [0.15, 0.2) is 40.5 Å². The molecule has 2 aromatic rings. The van der Waals surface area contributed by atoms with Crippen LogP contribution in [0.3, 0.4) is 0 Å². The van der Waals surface area contributed by atoms with Crippen molar-refractivity contribution in [2.45, 2.75) is 39.5 Å². The molecule has 0 N–H and O–H groups in total. The third-order valence-electron chi connectivity index (χ3n) is 5.72. The lowest BCUT2D eigenvalue weighted by Crippen LogP contribution is -2.34. The van der Waals surface area contributed by atoms with Gasteiger partial charge in [0, 0.05) is 28.5 Å². The molecular formula is C24H29BrN2O2. The van der Waals surface area contributed by atoms with Crippen LogP contribution in [0.5, 0.6) is 0 Å². The first-order valence-electron chi connectivity index (χ1n) is 10.1. The maximum absolute atomic E-state index is 11.7. The van der Waals surface area contributed by atoms with Crippen LogP contribution in [0.2, 0.25) is 0 Å². The summed E-state index contributed by atoms with van der Waals surface area (Å²) in [7, 11) is 1.42. The van der Waals surface area contributed by atoms with Gasteiger partial charge < -0.3 is 4.74 Å². The molecule has 1 aromatic heterocycles. The van der Waals surface area contributed by atoms with Crippen molar-refractivity contribution >= 4 is 28.0 Å². The molecule has 154 valence electrons. The topological polar surface area (TPSA) is 42.4 Å². The zero-order chi connectivity index (χ0) is 21.0. The summed E-state index contributed by atoms with van der Waals surface area (Å²) in [5, 5.41) is 0. The molecule has 1 fully saturated rings.